The lowest BCUT2D eigenvalue weighted by molar-refractivity contribution is -0.113. The van der Waals surface area contributed by atoms with Crippen LogP contribution in [0.3, 0.4) is 0 Å². The van der Waals surface area contributed by atoms with Crippen LogP contribution in [0.2, 0.25) is 0 Å². The van der Waals surface area contributed by atoms with Gasteiger partial charge in [0.05, 0.1) is 5.75 Å². The third-order valence-corrected chi connectivity index (χ3v) is 5.65. The zero-order valence-electron chi connectivity index (χ0n) is 17.2. The van der Waals surface area contributed by atoms with Crippen LogP contribution in [-0.4, -0.2) is 26.4 Å². The predicted octanol–water partition coefficient (Wildman–Crippen LogP) is 4.56. The zero-order chi connectivity index (χ0) is 20.8. The molecular weight excluding hydrogens is 384 g/mol. The Bertz CT molecular complexity index is 969. The van der Waals surface area contributed by atoms with Gasteiger partial charge in [0.25, 0.3) is 0 Å². The summed E-state index contributed by atoms with van der Waals surface area (Å²) in [5.74, 6) is 1.69. The summed E-state index contributed by atoms with van der Waals surface area (Å²) in [6.07, 6.45) is 0.743. The van der Waals surface area contributed by atoms with E-state index in [9.17, 15) is 4.79 Å². The molecule has 0 fully saturated rings. The van der Waals surface area contributed by atoms with E-state index in [1.807, 2.05) is 61.9 Å². The molecule has 7 heteroatoms. The normalized spacial score (nSPS) is 11.9. The van der Waals surface area contributed by atoms with Gasteiger partial charge in [-0.1, -0.05) is 49.0 Å². The molecule has 1 heterocycles. The van der Waals surface area contributed by atoms with Crippen molar-refractivity contribution in [1.29, 1.82) is 0 Å². The second-order valence-electron chi connectivity index (χ2n) is 6.81. The lowest BCUT2D eigenvalue weighted by atomic mass is 10.2. The second kappa shape index (κ2) is 9.60. The van der Waals surface area contributed by atoms with E-state index >= 15 is 0 Å². The van der Waals surface area contributed by atoms with Crippen molar-refractivity contribution < 1.29 is 9.53 Å². The molecule has 1 unspecified atom stereocenters. The van der Waals surface area contributed by atoms with E-state index in [1.165, 1.54) is 17.3 Å². The molecule has 0 aliphatic heterocycles. The Kier molecular flexibility index (Phi) is 6.93. The maximum atomic E-state index is 12.3. The minimum atomic E-state index is -0.255. The van der Waals surface area contributed by atoms with Crippen molar-refractivity contribution in [2.24, 2.45) is 7.05 Å². The fraction of sp³-hybridized carbons (Fsp3) is 0.318. The SMILES string of the molecule is CCc1ccc(OC(C)c2nnc(SCC(=O)Nc3ccccc3C)n2C)cc1. The predicted molar refractivity (Wildman–Crippen MR) is 116 cm³/mol. The van der Waals surface area contributed by atoms with Gasteiger partial charge in [0.1, 0.15) is 5.75 Å². The van der Waals surface area contributed by atoms with E-state index in [0.29, 0.717) is 11.0 Å². The van der Waals surface area contributed by atoms with Gasteiger partial charge in [-0.3, -0.25) is 4.79 Å². The molecule has 3 rings (SSSR count). The molecule has 0 aliphatic rings. The van der Waals surface area contributed by atoms with Crippen molar-refractivity contribution in [3.63, 3.8) is 0 Å². The van der Waals surface area contributed by atoms with Crippen molar-refractivity contribution in [1.82, 2.24) is 14.8 Å². The molecular formula is C22H26N4O2S. The Morgan fingerprint density at radius 2 is 1.90 bits per heavy atom. The van der Waals surface area contributed by atoms with Crippen LogP contribution in [0.5, 0.6) is 5.75 Å². The first-order valence-corrected chi connectivity index (χ1v) is 10.6. The van der Waals surface area contributed by atoms with Crippen LogP contribution in [0.4, 0.5) is 5.69 Å². The fourth-order valence-corrected chi connectivity index (χ4v) is 3.61. The number of para-hydroxylation sites is 1. The highest BCUT2D eigenvalue weighted by molar-refractivity contribution is 7.99. The average Bonchev–Trinajstić information content (AvgIpc) is 3.09. The average molecular weight is 411 g/mol. The number of aryl methyl sites for hydroxylation is 2. The molecule has 6 nitrogen and oxygen atoms in total. The highest BCUT2D eigenvalue weighted by Gasteiger charge is 2.18. The lowest BCUT2D eigenvalue weighted by Gasteiger charge is -2.14. The first-order chi connectivity index (χ1) is 14.0. The van der Waals surface area contributed by atoms with Gasteiger partial charge in [0, 0.05) is 12.7 Å². The number of thioether (sulfide) groups is 1. The Morgan fingerprint density at radius 3 is 2.59 bits per heavy atom. The van der Waals surface area contributed by atoms with E-state index < -0.39 is 0 Å². The summed E-state index contributed by atoms with van der Waals surface area (Å²) >= 11 is 1.35. The van der Waals surface area contributed by atoms with Crippen molar-refractivity contribution >= 4 is 23.4 Å². The largest absolute Gasteiger partial charge is 0.483 e. The van der Waals surface area contributed by atoms with Crippen LogP contribution in [0.25, 0.3) is 0 Å². The van der Waals surface area contributed by atoms with Crippen LogP contribution >= 0.6 is 11.8 Å². The van der Waals surface area contributed by atoms with Gasteiger partial charge in [0.15, 0.2) is 17.1 Å². The van der Waals surface area contributed by atoms with Gasteiger partial charge >= 0.3 is 0 Å². The fourth-order valence-electron chi connectivity index (χ4n) is 2.90. The Balaban J connectivity index is 1.58. The molecule has 0 saturated heterocycles. The summed E-state index contributed by atoms with van der Waals surface area (Å²) in [7, 11) is 1.89. The number of carbonyl (C=O) groups is 1. The number of benzene rings is 2. The molecule has 152 valence electrons. The number of rotatable bonds is 8. The summed E-state index contributed by atoms with van der Waals surface area (Å²) in [4.78, 5) is 12.3. The number of ether oxygens (including phenoxy) is 1. The van der Waals surface area contributed by atoms with Crippen molar-refractivity contribution in [3.05, 3.63) is 65.5 Å². The number of nitrogens with zero attached hydrogens (tertiary/aromatic N) is 3. The number of aromatic nitrogens is 3. The maximum Gasteiger partial charge on any atom is 0.234 e. The van der Waals surface area contributed by atoms with Crippen molar-refractivity contribution in [3.8, 4) is 5.75 Å². The number of anilines is 1. The molecule has 3 aromatic rings. The molecule has 1 amide bonds. The van der Waals surface area contributed by atoms with Gasteiger partial charge in [0.2, 0.25) is 5.91 Å². The summed E-state index contributed by atoms with van der Waals surface area (Å²) in [5.41, 5.74) is 3.13. The molecule has 0 bridgehead atoms. The zero-order valence-corrected chi connectivity index (χ0v) is 18.0. The van der Waals surface area contributed by atoms with Crippen LogP contribution in [-0.2, 0) is 18.3 Å². The van der Waals surface area contributed by atoms with E-state index in [-0.39, 0.29) is 17.8 Å². The Morgan fingerprint density at radius 1 is 1.17 bits per heavy atom. The smallest absolute Gasteiger partial charge is 0.234 e. The highest BCUT2D eigenvalue weighted by Crippen LogP contribution is 2.24. The van der Waals surface area contributed by atoms with Gasteiger partial charge in [-0.25, -0.2) is 0 Å². The number of amides is 1. The number of nitrogens with one attached hydrogen (secondary N) is 1. The van der Waals surface area contributed by atoms with Gasteiger partial charge in [-0.2, -0.15) is 0 Å². The molecule has 1 N–H and O–H groups in total. The van der Waals surface area contributed by atoms with E-state index in [2.05, 4.69) is 34.6 Å². The first-order valence-electron chi connectivity index (χ1n) is 9.61. The van der Waals surface area contributed by atoms with Crippen molar-refractivity contribution in [2.45, 2.75) is 38.5 Å². The Hall–Kier alpha value is -2.80. The molecule has 2 aromatic carbocycles. The van der Waals surface area contributed by atoms with Crippen LogP contribution in [0.1, 0.15) is 36.9 Å². The number of hydrogen-bond acceptors (Lipinski definition) is 5. The summed E-state index contributed by atoms with van der Waals surface area (Å²) < 4.78 is 7.87. The molecule has 1 atom stereocenters. The van der Waals surface area contributed by atoms with E-state index in [0.717, 1.165) is 23.4 Å². The number of hydrogen-bond donors (Lipinski definition) is 1. The van der Waals surface area contributed by atoms with E-state index in [4.69, 9.17) is 4.74 Å². The van der Waals surface area contributed by atoms with E-state index in [1.54, 1.807) is 0 Å². The molecule has 1 aromatic heterocycles. The minimum Gasteiger partial charge on any atom is -0.483 e. The van der Waals surface area contributed by atoms with Crippen LogP contribution < -0.4 is 10.1 Å². The molecule has 0 spiro atoms. The molecule has 0 saturated carbocycles. The second-order valence-corrected chi connectivity index (χ2v) is 7.75. The standard InChI is InChI=1S/C22H26N4O2S/c1-5-17-10-12-18(13-11-17)28-16(3)21-24-25-22(26(21)4)29-14-20(27)23-19-9-7-6-8-15(19)2/h6-13,16H,5,14H2,1-4H3,(H,23,27). The third-order valence-electron chi connectivity index (χ3n) is 4.63. The summed E-state index contributed by atoms with van der Waals surface area (Å²) in [6, 6.07) is 15.8. The van der Waals surface area contributed by atoms with Gasteiger partial charge in [-0.05, 0) is 49.6 Å². The first kappa shape index (κ1) is 20.9. The monoisotopic (exact) mass is 410 g/mol. The van der Waals surface area contributed by atoms with Crippen molar-refractivity contribution in [2.75, 3.05) is 11.1 Å². The molecule has 0 aliphatic carbocycles. The third kappa shape index (κ3) is 5.38. The quantitative estimate of drug-likeness (QED) is 0.552. The highest BCUT2D eigenvalue weighted by atomic mass is 32.2. The molecule has 0 radical (unpaired) electrons. The maximum absolute atomic E-state index is 12.3. The Labute approximate surface area is 175 Å². The number of carbonyl (C=O) groups excluding carboxylic acids is 1. The topological polar surface area (TPSA) is 69.0 Å². The van der Waals surface area contributed by atoms with Gasteiger partial charge in [-0.15, -0.1) is 10.2 Å². The van der Waals surface area contributed by atoms with Crippen LogP contribution in [0, 0.1) is 6.92 Å². The minimum absolute atomic E-state index is 0.0748. The van der Waals surface area contributed by atoms with Gasteiger partial charge < -0.3 is 14.6 Å². The summed E-state index contributed by atoms with van der Waals surface area (Å²) in [5, 5.41) is 12.1. The lowest BCUT2D eigenvalue weighted by Crippen LogP contribution is -2.15. The molecule has 29 heavy (non-hydrogen) atoms. The van der Waals surface area contributed by atoms with Crippen LogP contribution in [0.15, 0.2) is 53.7 Å². The summed E-state index contributed by atoms with van der Waals surface area (Å²) in [6.45, 7) is 6.03.